The van der Waals surface area contributed by atoms with Gasteiger partial charge in [-0.25, -0.2) is 19.7 Å². The number of nitrogens with zero attached hydrogens (tertiary/aromatic N) is 4. The number of aromatic nitrogens is 3. The van der Waals surface area contributed by atoms with Crippen molar-refractivity contribution in [3.05, 3.63) is 52.6 Å². The van der Waals surface area contributed by atoms with Crippen LogP contribution in [0.5, 0.6) is 11.5 Å². The highest BCUT2D eigenvalue weighted by Crippen LogP contribution is 2.42. The van der Waals surface area contributed by atoms with Gasteiger partial charge in [-0.15, -0.1) is 34.9 Å². The number of Topliss-reactive ketones (excluding diaryl/α,β-unsaturated/α-hetero) is 1. The average molecular weight is 601 g/mol. The number of aliphatic carboxylic acids is 1. The van der Waals surface area contributed by atoms with E-state index in [1.807, 2.05) is 0 Å². The molecule has 6 N–H and O–H groups in total. The predicted octanol–water partition coefficient (Wildman–Crippen LogP) is 1.62. The third-order valence-electron chi connectivity index (χ3n) is 6.04. The van der Waals surface area contributed by atoms with Crippen LogP contribution in [0.3, 0.4) is 0 Å². The van der Waals surface area contributed by atoms with Crippen LogP contribution in [0.15, 0.2) is 46.1 Å². The van der Waals surface area contributed by atoms with E-state index < -0.39 is 35.0 Å². The van der Waals surface area contributed by atoms with Crippen LogP contribution in [0.2, 0.25) is 0 Å². The number of carbonyl (C=O) groups excluding carboxylic acids is 3. The Morgan fingerprint density at radius 1 is 1.23 bits per heavy atom. The second kappa shape index (κ2) is 10.8. The van der Waals surface area contributed by atoms with Gasteiger partial charge in [0.15, 0.2) is 16.6 Å². The molecular formula is C24H20N6O7S3. The summed E-state index contributed by atoms with van der Waals surface area (Å²) >= 11 is 3.51. The molecule has 2 atom stereocenters. The monoisotopic (exact) mass is 600 g/mol. The number of rotatable bonds is 8. The molecule has 5 rings (SSSR count). The number of aryl methyl sites for hydroxylation is 1. The maximum Gasteiger partial charge on any atom is 0.352 e. The highest BCUT2D eigenvalue weighted by Gasteiger charge is 2.54. The number of thiazole rings is 1. The molecule has 206 valence electrons. The smallest absolute Gasteiger partial charge is 0.352 e. The van der Waals surface area contributed by atoms with Crippen LogP contribution in [0.25, 0.3) is 11.1 Å². The number of nitrogens with two attached hydrogens (primary N) is 1. The van der Waals surface area contributed by atoms with E-state index in [0.29, 0.717) is 27.6 Å². The van der Waals surface area contributed by atoms with Crippen molar-refractivity contribution in [1.82, 2.24) is 25.2 Å². The number of phenols is 2. The van der Waals surface area contributed by atoms with Crippen molar-refractivity contribution in [3.8, 4) is 22.6 Å². The van der Waals surface area contributed by atoms with Crippen molar-refractivity contribution in [2.75, 3.05) is 17.2 Å². The largest absolute Gasteiger partial charge is 0.504 e. The number of carboxylic acid groups (broad SMARTS) is 1. The van der Waals surface area contributed by atoms with Crippen molar-refractivity contribution >= 4 is 63.6 Å². The number of carbonyl (C=O) groups is 4. The van der Waals surface area contributed by atoms with Crippen molar-refractivity contribution in [2.45, 2.75) is 23.4 Å². The van der Waals surface area contributed by atoms with Crippen molar-refractivity contribution in [2.24, 2.45) is 0 Å². The Kier molecular flexibility index (Phi) is 7.39. The maximum atomic E-state index is 13.0. The summed E-state index contributed by atoms with van der Waals surface area (Å²) in [6.45, 7) is 1.70. The van der Waals surface area contributed by atoms with Crippen LogP contribution in [-0.2, 0) is 14.4 Å². The number of fused-ring (bicyclic) bond motifs is 1. The molecule has 40 heavy (non-hydrogen) atoms. The van der Waals surface area contributed by atoms with Crippen LogP contribution in [-0.4, -0.2) is 81.7 Å². The second-order valence-corrected chi connectivity index (χ2v) is 11.6. The SMILES string of the molecule is Cc1ncc(-c2ccc(O)c(O)c2)c(SCC2=C(C(=O)O)N3C(=O)[C@@H](NC(=O)C(=O)c4csc(N)n4)[C@H]3SC2)n1. The average Bonchev–Trinajstić information content (AvgIpc) is 3.37. The summed E-state index contributed by atoms with van der Waals surface area (Å²) in [6, 6.07) is 3.24. The van der Waals surface area contributed by atoms with Gasteiger partial charge in [0.05, 0.1) is 0 Å². The van der Waals surface area contributed by atoms with E-state index in [4.69, 9.17) is 5.73 Å². The number of thioether (sulfide) groups is 2. The standard InChI is InChI=1S/C24H20N6O7S3/c1-9-26-5-12(10-2-3-14(31)15(32)4-10)20(27-9)38-6-11-7-39-22-16(21(35)30(22)17(11)23(36)37)29-19(34)18(33)13-8-40-24(25)28-13/h2-5,8,16,22,31-32H,6-7H2,1H3,(H2,25,28)(H,29,34)(H,36,37)/t16-,22-/m1/s1. The molecule has 2 aliphatic heterocycles. The molecule has 0 spiro atoms. The van der Waals surface area contributed by atoms with Gasteiger partial charge < -0.3 is 26.4 Å². The molecule has 2 aromatic heterocycles. The van der Waals surface area contributed by atoms with E-state index >= 15 is 0 Å². The van der Waals surface area contributed by atoms with Gasteiger partial charge in [-0.05, 0) is 30.2 Å². The lowest BCUT2D eigenvalue weighted by atomic mass is 10.0. The number of aromatic hydroxyl groups is 2. The number of anilines is 1. The summed E-state index contributed by atoms with van der Waals surface area (Å²) in [5, 5.41) is 33.2. The Labute approximate surface area is 238 Å². The number of hydrogen-bond donors (Lipinski definition) is 5. The molecule has 0 bridgehead atoms. The molecule has 1 saturated heterocycles. The lowest BCUT2D eigenvalue weighted by Crippen LogP contribution is -2.71. The first-order valence-corrected chi connectivity index (χ1v) is 14.4. The summed E-state index contributed by atoms with van der Waals surface area (Å²) in [6.07, 6.45) is 1.57. The molecule has 4 heterocycles. The normalized spacial score (nSPS) is 18.2. The summed E-state index contributed by atoms with van der Waals surface area (Å²) in [5.74, 6) is -3.58. The van der Waals surface area contributed by atoms with E-state index in [1.54, 1.807) is 19.2 Å². The quantitative estimate of drug-likeness (QED) is 0.0622. The van der Waals surface area contributed by atoms with E-state index in [9.17, 15) is 34.5 Å². The highest BCUT2D eigenvalue weighted by atomic mass is 32.2. The first-order valence-electron chi connectivity index (χ1n) is 11.5. The topological polar surface area (TPSA) is 209 Å². The maximum absolute atomic E-state index is 13.0. The molecule has 1 fully saturated rings. The van der Waals surface area contributed by atoms with Crippen LogP contribution in [0, 0.1) is 6.92 Å². The molecule has 0 radical (unpaired) electrons. The molecule has 0 saturated carbocycles. The summed E-state index contributed by atoms with van der Waals surface area (Å²) < 4.78 is 0. The first-order chi connectivity index (χ1) is 19.0. The lowest BCUT2D eigenvalue weighted by molar-refractivity contribution is -0.150. The van der Waals surface area contributed by atoms with E-state index in [2.05, 4.69) is 20.3 Å². The lowest BCUT2D eigenvalue weighted by Gasteiger charge is -2.49. The van der Waals surface area contributed by atoms with Gasteiger partial charge >= 0.3 is 5.97 Å². The Hall–Kier alpha value is -4.15. The Balaban J connectivity index is 1.34. The minimum Gasteiger partial charge on any atom is -0.504 e. The minimum absolute atomic E-state index is 0.122. The Morgan fingerprint density at radius 3 is 2.67 bits per heavy atom. The highest BCUT2D eigenvalue weighted by molar-refractivity contribution is 8.01. The molecule has 16 heteroatoms. The second-order valence-electron chi connectivity index (χ2n) is 8.65. The van der Waals surface area contributed by atoms with E-state index in [0.717, 1.165) is 16.2 Å². The number of nitrogen functional groups attached to an aromatic ring is 1. The van der Waals surface area contributed by atoms with Gasteiger partial charge in [0.1, 0.15) is 33.7 Å². The number of ketones is 1. The van der Waals surface area contributed by atoms with Crippen LogP contribution < -0.4 is 11.1 Å². The van der Waals surface area contributed by atoms with Crippen LogP contribution >= 0.6 is 34.9 Å². The van der Waals surface area contributed by atoms with Crippen molar-refractivity contribution in [1.29, 1.82) is 0 Å². The number of nitrogens with one attached hydrogen (secondary N) is 1. The number of amides is 2. The molecule has 2 aliphatic rings. The molecule has 13 nitrogen and oxygen atoms in total. The molecular weight excluding hydrogens is 581 g/mol. The third kappa shape index (κ3) is 5.07. The fourth-order valence-electron chi connectivity index (χ4n) is 4.11. The zero-order valence-corrected chi connectivity index (χ0v) is 23.0. The minimum atomic E-state index is -1.30. The van der Waals surface area contributed by atoms with E-state index in [-0.39, 0.29) is 39.5 Å². The fourth-order valence-corrected chi connectivity index (χ4v) is 7.20. The van der Waals surface area contributed by atoms with Gasteiger partial charge in [0.2, 0.25) is 0 Å². The molecule has 3 aromatic rings. The first kappa shape index (κ1) is 27.4. The van der Waals surface area contributed by atoms with Crippen molar-refractivity contribution in [3.63, 3.8) is 0 Å². The third-order valence-corrected chi connectivity index (χ3v) is 9.13. The fraction of sp³-hybridized carbons (Fsp3) is 0.208. The molecule has 0 unspecified atom stereocenters. The number of benzene rings is 1. The zero-order chi connectivity index (χ0) is 28.7. The van der Waals surface area contributed by atoms with Crippen LogP contribution in [0.4, 0.5) is 5.13 Å². The number of carboxylic acids is 1. The molecule has 2 amide bonds. The van der Waals surface area contributed by atoms with Gasteiger partial charge in [0, 0.05) is 28.6 Å². The number of phenolic OH excluding ortho intramolecular Hbond substituents is 2. The number of hydrogen-bond acceptors (Lipinski definition) is 13. The zero-order valence-electron chi connectivity index (χ0n) is 20.5. The number of β-lactam (4-membered cyclic amide) rings is 1. The van der Waals surface area contributed by atoms with Crippen molar-refractivity contribution < 1.29 is 34.5 Å². The summed E-state index contributed by atoms with van der Waals surface area (Å²) in [5.41, 5.74) is 6.79. The van der Waals surface area contributed by atoms with Gasteiger partial charge in [-0.3, -0.25) is 19.3 Å². The van der Waals surface area contributed by atoms with Crippen LogP contribution in [0.1, 0.15) is 16.3 Å². The molecule has 1 aromatic carbocycles. The van der Waals surface area contributed by atoms with Gasteiger partial charge in [-0.1, -0.05) is 6.07 Å². The molecule has 0 aliphatic carbocycles. The Morgan fingerprint density at radius 2 is 2.00 bits per heavy atom. The van der Waals surface area contributed by atoms with E-state index in [1.165, 1.54) is 41.0 Å². The summed E-state index contributed by atoms with van der Waals surface area (Å²) in [7, 11) is 0. The van der Waals surface area contributed by atoms with Gasteiger partial charge in [-0.2, -0.15) is 0 Å². The predicted molar refractivity (Wildman–Crippen MR) is 147 cm³/mol. The summed E-state index contributed by atoms with van der Waals surface area (Å²) in [4.78, 5) is 63.5. The van der Waals surface area contributed by atoms with Gasteiger partial charge in [0.25, 0.3) is 17.6 Å². The Bertz CT molecular complexity index is 1610.